The lowest BCUT2D eigenvalue weighted by Gasteiger charge is -2.19. The van der Waals surface area contributed by atoms with Crippen LogP contribution in [0, 0.1) is 5.92 Å². The largest absolute Gasteiger partial charge is 0.493 e. The minimum absolute atomic E-state index is 0.0262. The summed E-state index contributed by atoms with van der Waals surface area (Å²) in [5, 5.41) is 3.20. The van der Waals surface area contributed by atoms with Crippen molar-refractivity contribution in [3.05, 3.63) is 65.4 Å². The zero-order chi connectivity index (χ0) is 24.2. The Morgan fingerprint density at radius 3 is 2.12 bits per heavy atom. The number of nitrogens with one attached hydrogen (secondary N) is 1. The number of methoxy groups -OCH3 is 1. The number of nitrogens with zero attached hydrogens (tertiary/aromatic N) is 1. The topological polar surface area (TPSA) is 67.9 Å². The number of carbonyl (C=O) groups excluding carboxylic acids is 2. The van der Waals surface area contributed by atoms with Crippen LogP contribution in [-0.2, 0) is 19.7 Å². The van der Waals surface area contributed by atoms with Gasteiger partial charge in [0.05, 0.1) is 25.3 Å². The fraction of sp³-hybridized carbons (Fsp3) is 0.407. The highest BCUT2D eigenvalue weighted by Crippen LogP contribution is 2.32. The van der Waals surface area contributed by atoms with E-state index in [0.29, 0.717) is 23.7 Å². The molecule has 1 aliphatic rings. The van der Waals surface area contributed by atoms with Crippen LogP contribution in [0.1, 0.15) is 45.7 Å². The quantitative estimate of drug-likeness (QED) is 0.553. The van der Waals surface area contributed by atoms with Gasteiger partial charge >= 0.3 is 0 Å². The highest BCUT2D eigenvalue weighted by atomic mass is 16.5. The van der Waals surface area contributed by atoms with Crippen molar-refractivity contribution >= 4 is 23.1 Å². The van der Waals surface area contributed by atoms with Crippen molar-refractivity contribution in [2.45, 2.75) is 40.0 Å². The van der Waals surface area contributed by atoms with Crippen molar-refractivity contribution in [1.82, 2.24) is 4.90 Å². The molecular weight excluding hydrogens is 416 g/mol. The summed E-state index contributed by atoms with van der Waals surface area (Å²) in [6.45, 7) is 11.7. The standard InChI is InChI=1S/C27H34N2O4/c1-18(2)17-33-22-13-7-19(8-14-22)23-24(26(31)29(25(23)30)15-16-32-6)28-21-11-9-20(10-12-21)27(3,4)5/h7-14,18,28H,15-17H2,1-6H3. The first-order valence-electron chi connectivity index (χ1n) is 11.3. The normalized spacial score (nSPS) is 14.5. The maximum absolute atomic E-state index is 13.2. The Kier molecular flexibility index (Phi) is 7.59. The Morgan fingerprint density at radius 1 is 0.939 bits per heavy atom. The third-order valence-electron chi connectivity index (χ3n) is 5.43. The molecule has 176 valence electrons. The van der Waals surface area contributed by atoms with Crippen LogP contribution < -0.4 is 10.1 Å². The molecule has 1 heterocycles. The van der Waals surface area contributed by atoms with E-state index in [2.05, 4.69) is 39.9 Å². The van der Waals surface area contributed by atoms with Crippen molar-refractivity contribution < 1.29 is 19.1 Å². The van der Waals surface area contributed by atoms with Gasteiger partial charge < -0.3 is 14.8 Å². The summed E-state index contributed by atoms with van der Waals surface area (Å²) in [7, 11) is 1.55. The van der Waals surface area contributed by atoms with Crippen molar-refractivity contribution in [3.8, 4) is 5.75 Å². The molecule has 2 amide bonds. The molecule has 6 nitrogen and oxygen atoms in total. The number of anilines is 1. The fourth-order valence-corrected chi connectivity index (χ4v) is 3.52. The minimum Gasteiger partial charge on any atom is -0.493 e. The van der Waals surface area contributed by atoms with E-state index in [1.165, 1.54) is 10.5 Å². The monoisotopic (exact) mass is 450 g/mol. The molecular formula is C27H34N2O4. The number of rotatable bonds is 9. The summed E-state index contributed by atoms with van der Waals surface area (Å²) < 4.78 is 10.9. The van der Waals surface area contributed by atoms with Crippen molar-refractivity contribution in [2.24, 2.45) is 5.92 Å². The van der Waals surface area contributed by atoms with Crippen LogP contribution in [0.3, 0.4) is 0 Å². The predicted molar refractivity (Wildman–Crippen MR) is 131 cm³/mol. The third-order valence-corrected chi connectivity index (χ3v) is 5.43. The first kappa shape index (κ1) is 24.5. The molecule has 0 radical (unpaired) electrons. The molecule has 0 bridgehead atoms. The number of benzene rings is 2. The van der Waals surface area contributed by atoms with Crippen LogP contribution in [-0.4, -0.2) is 43.6 Å². The fourth-order valence-electron chi connectivity index (χ4n) is 3.52. The smallest absolute Gasteiger partial charge is 0.278 e. The Hall–Kier alpha value is -3.12. The van der Waals surface area contributed by atoms with E-state index in [1.54, 1.807) is 7.11 Å². The summed E-state index contributed by atoms with van der Waals surface area (Å²) in [4.78, 5) is 27.6. The Labute approximate surface area is 196 Å². The Bertz CT molecular complexity index is 1020. The lowest BCUT2D eigenvalue weighted by atomic mass is 9.87. The van der Waals surface area contributed by atoms with Gasteiger partial charge in [0.25, 0.3) is 11.8 Å². The van der Waals surface area contributed by atoms with Crippen LogP contribution in [0.5, 0.6) is 5.75 Å². The molecule has 2 aromatic rings. The molecule has 1 N–H and O–H groups in total. The van der Waals surface area contributed by atoms with Crippen molar-refractivity contribution in [2.75, 3.05) is 32.2 Å². The molecule has 3 rings (SSSR count). The van der Waals surface area contributed by atoms with Crippen LogP contribution >= 0.6 is 0 Å². The van der Waals surface area contributed by atoms with E-state index in [9.17, 15) is 9.59 Å². The third kappa shape index (κ3) is 5.82. The van der Waals surface area contributed by atoms with E-state index in [1.807, 2.05) is 48.5 Å². The molecule has 0 saturated heterocycles. The van der Waals surface area contributed by atoms with Gasteiger partial charge in [-0.15, -0.1) is 0 Å². The lowest BCUT2D eigenvalue weighted by molar-refractivity contribution is -0.137. The van der Waals surface area contributed by atoms with Crippen LogP contribution in [0.15, 0.2) is 54.2 Å². The number of ether oxygens (including phenoxy) is 2. The average Bonchev–Trinajstić information content (AvgIpc) is 3.00. The average molecular weight is 451 g/mol. The number of imide groups is 1. The van der Waals surface area contributed by atoms with Gasteiger partial charge in [0.1, 0.15) is 11.4 Å². The van der Waals surface area contributed by atoms with E-state index < -0.39 is 0 Å². The van der Waals surface area contributed by atoms with Gasteiger partial charge in [-0.1, -0.05) is 58.9 Å². The van der Waals surface area contributed by atoms with Gasteiger partial charge in [-0.2, -0.15) is 0 Å². The highest BCUT2D eigenvalue weighted by Gasteiger charge is 2.39. The van der Waals surface area contributed by atoms with Gasteiger partial charge in [-0.3, -0.25) is 14.5 Å². The van der Waals surface area contributed by atoms with Gasteiger partial charge in [-0.05, 0) is 46.7 Å². The van der Waals surface area contributed by atoms with Gasteiger partial charge in [0, 0.05) is 12.8 Å². The molecule has 0 saturated carbocycles. The minimum atomic E-state index is -0.355. The molecule has 6 heteroatoms. The maximum atomic E-state index is 13.2. The van der Waals surface area contributed by atoms with Crippen LogP contribution in [0.4, 0.5) is 5.69 Å². The summed E-state index contributed by atoms with van der Waals surface area (Å²) in [5.41, 5.74) is 3.26. The van der Waals surface area contributed by atoms with E-state index in [0.717, 1.165) is 11.4 Å². The van der Waals surface area contributed by atoms with Crippen LogP contribution in [0.2, 0.25) is 0 Å². The van der Waals surface area contributed by atoms with E-state index in [4.69, 9.17) is 9.47 Å². The Balaban J connectivity index is 1.94. The number of amides is 2. The van der Waals surface area contributed by atoms with E-state index in [-0.39, 0.29) is 36.1 Å². The molecule has 0 unspecified atom stereocenters. The van der Waals surface area contributed by atoms with Crippen molar-refractivity contribution in [3.63, 3.8) is 0 Å². The first-order valence-corrected chi connectivity index (χ1v) is 11.3. The molecule has 0 aliphatic carbocycles. The molecule has 33 heavy (non-hydrogen) atoms. The summed E-state index contributed by atoms with van der Waals surface area (Å²) in [6.07, 6.45) is 0. The first-order chi connectivity index (χ1) is 15.6. The van der Waals surface area contributed by atoms with Gasteiger partial charge in [0.2, 0.25) is 0 Å². The second-order valence-electron chi connectivity index (χ2n) is 9.69. The molecule has 0 fully saturated rings. The second kappa shape index (κ2) is 10.2. The molecule has 0 aromatic heterocycles. The maximum Gasteiger partial charge on any atom is 0.278 e. The number of carbonyl (C=O) groups is 2. The highest BCUT2D eigenvalue weighted by molar-refractivity contribution is 6.36. The SMILES string of the molecule is COCCN1C(=O)C(Nc2ccc(C(C)(C)C)cc2)=C(c2ccc(OCC(C)C)cc2)C1=O. The van der Waals surface area contributed by atoms with Crippen molar-refractivity contribution in [1.29, 1.82) is 0 Å². The zero-order valence-electron chi connectivity index (χ0n) is 20.4. The lowest BCUT2D eigenvalue weighted by Crippen LogP contribution is -2.35. The zero-order valence-corrected chi connectivity index (χ0v) is 20.4. The summed E-state index contributed by atoms with van der Waals surface area (Å²) >= 11 is 0. The predicted octanol–water partition coefficient (Wildman–Crippen LogP) is 4.86. The summed E-state index contributed by atoms with van der Waals surface area (Å²) in [5.74, 6) is 0.457. The molecule has 0 spiro atoms. The molecule has 2 aromatic carbocycles. The van der Waals surface area contributed by atoms with Gasteiger partial charge in [-0.25, -0.2) is 0 Å². The molecule has 1 aliphatic heterocycles. The Morgan fingerprint density at radius 2 is 1.58 bits per heavy atom. The van der Waals surface area contributed by atoms with E-state index >= 15 is 0 Å². The summed E-state index contributed by atoms with van der Waals surface area (Å²) in [6, 6.07) is 15.2. The number of hydrogen-bond acceptors (Lipinski definition) is 5. The van der Waals surface area contributed by atoms with Gasteiger partial charge in [0.15, 0.2) is 0 Å². The number of hydrogen-bond donors (Lipinski definition) is 1. The van der Waals surface area contributed by atoms with Crippen LogP contribution in [0.25, 0.3) is 5.57 Å². The molecule has 0 atom stereocenters. The second-order valence-corrected chi connectivity index (χ2v) is 9.69.